The maximum absolute atomic E-state index is 13.0. The number of halogens is 3. The molecule has 0 unspecified atom stereocenters. The molecule has 3 rings (SSSR count). The maximum atomic E-state index is 13.0. The monoisotopic (exact) mass is 406 g/mol. The van der Waals surface area contributed by atoms with Crippen molar-refractivity contribution < 1.29 is 22.8 Å². The zero-order chi connectivity index (χ0) is 20.3. The first-order chi connectivity index (χ1) is 13.3. The predicted molar refractivity (Wildman–Crippen MR) is 103 cm³/mol. The van der Waals surface area contributed by atoms with Crippen LogP contribution < -0.4 is 0 Å². The highest BCUT2D eigenvalue weighted by Gasteiger charge is 2.32. The van der Waals surface area contributed by atoms with E-state index in [0.717, 1.165) is 24.3 Å². The number of carbonyl (C=O) groups excluding carboxylic acids is 2. The van der Waals surface area contributed by atoms with Gasteiger partial charge < -0.3 is 0 Å². The SMILES string of the molecule is CC(=O)c1ccc(N=C2SCCCN2C(=O)c2cccc(C(F)(F)F)c2)cc1. The summed E-state index contributed by atoms with van der Waals surface area (Å²) in [6.07, 6.45) is -3.79. The van der Waals surface area contributed by atoms with Crippen LogP contribution in [0.1, 0.15) is 39.6 Å². The summed E-state index contributed by atoms with van der Waals surface area (Å²) in [5, 5.41) is 0.434. The second-order valence-electron chi connectivity index (χ2n) is 6.23. The summed E-state index contributed by atoms with van der Waals surface area (Å²) in [4.78, 5) is 30.1. The van der Waals surface area contributed by atoms with Crippen molar-refractivity contribution in [1.82, 2.24) is 4.90 Å². The standard InChI is InChI=1S/C20H17F3N2O2S/c1-13(26)14-6-8-17(9-7-14)24-19-25(10-3-11-28-19)18(27)15-4-2-5-16(12-15)20(21,22)23/h2,4-9,12H,3,10-11H2,1H3. The number of hydrogen-bond donors (Lipinski definition) is 0. The van der Waals surface area contributed by atoms with Crippen molar-refractivity contribution in [3.05, 3.63) is 65.2 Å². The number of amidine groups is 1. The van der Waals surface area contributed by atoms with Crippen molar-refractivity contribution in [2.24, 2.45) is 4.99 Å². The number of Topliss-reactive ketones (excluding diaryl/α,β-unsaturated/α-hetero) is 1. The Balaban J connectivity index is 1.89. The fourth-order valence-electron chi connectivity index (χ4n) is 2.71. The van der Waals surface area contributed by atoms with Crippen LogP contribution in [0.4, 0.5) is 18.9 Å². The number of hydrogen-bond acceptors (Lipinski definition) is 4. The Morgan fingerprint density at radius 2 is 1.79 bits per heavy atom. The molecule has 1 aliphatic heterocycles. The van der Waals surface area contributed by atoms with Gasteiger partial charge in [-0.3, -0.25) is 14.5 Å². The molecule has 0 spiro atoms. The van der Waals surface area contributed by atoms with Crippen LogP contribution in [0.5, 0.6) is 0 Å². The van der Waals surface area contributed by atoms with E-state index in [1.807, 2.05) is 0 Å². The number of nitrogens with zero attached hydrogens (tertiary/aromatic N) is 2. The van der Waals surface area contributed by atoms with Crippen LogP contribution in [0.15, 0.2) is 53.5 Å². The Labute approximate surface area is 164 Å². The summed E-state index contributed by atoms with van der Waals surface area (Å²) in [5.74, 6) is 0.182. The van der Waals surface area contributed by atoms with Gasteiger partial charge in [-0.2, -0.15) is 13.2 Å². The smallest absolute Gasteiger partial charge is 0.295 e. The molecule has 1 fully saturated rings. The van der Waals surface area contributed by atoms with E-state index in [0.29, 0.717) is 23.0 Å². The molecule has 1 amide bonds. The lowest BCUT2D eigenvalue weighted by molar-refractivity contribution is -0.137. The van der Waals surface area contributed by atoms with Gasteiger partial charge in [0.2, 0.25) is 0 Å². The molecule has 146 valence electrons. The number of rotatable bonds is 3. The van der Waals surface area contributed by atoms with Gasteiger partial charge in [0.25, 0.3) is 5.91 Å². The fraction of sp³-hybridized carbons (Fsp3) is 0.250. The number of alkyl halides is 3. The molecule has 1 saturated heterocycles. The molecular formula is C20H17F3N2O2S. The van der Waals surface area contributed by atoms with E-state index in [4.69, 9.17) is 0 Å². The van der Waals surface area contributed by atoms with E-state index >= 15 is 0 Å². The van der Waals surface area contributed by atoms with Crippen LogP contribution in [0, 0.1) is 0 Å². The summed E-state index contributed by atoms with van der Waals surface area (Å²) >= 11 is 1.38. The van der Waals surface area contributed by atoms with Gasteiger partial charge >= 0.3 is 6.18 Å². The third-order valence-corrected chi connectivity index (χ3v) is 5.23. The molecule has 28 heavy (non-hydrogen) atoms. The van der Waals surface area contributed by atoms with Gasteiger partial charge in [-0.25, -0.2) is 4.99 Å². The quantitative estimate of drug-likeness (QED) is 0.661. The van der Waals surface area contributed by atoms with E-state index in [2.05, 4.69) is 4.99 Å². The molecule has 1 heterocycles. The lowest BCUT2D eigenvalue weighted by Crippen LogP contribution is -2.39. The average Bonchev–Trinajstić information content (AvgIpc) is 2.68. The molecule has 0 atom stereocenters. The molecule has 4 nitrogen and oxygen atoms in total. The Bertz CT molecular complexity index is 924. The Kier molecular flexibility index (Phi) is 5.88. The zero-order valence-corrected chi connectivity index (χ0v) is 15.8. The van der Waals surface area contributed by atoms with Crippen LogP contribution in [-0.4, -0.2) is 34.1 Å². The third-order valence-electron chi connectivity index (χ3n) is 4.17. The van der Waals surface area contributed by atoms with Gasteiger partial charge in [-0.05, 0) is 55.8 Å². The summed E-state index contributed by atoms with van der Waals surface area (Å²) in [5.41, 5.74) is 0.228. The Hall–Kier alpha value is -2.61. The van der Waals surface area contributed by atoms with E-state index in [-0.39, 0.29) is 11.3 Å². The predicted octanol–water partition coefficient (Wildman–Crippen LogP) is 5.17. The molecule has 0 radical (unpaired) electrons. The largest absolute Gasteiger partial charge is 0.416 e. The van der Waals surface area contributed by atoms with Gasteiger partial charge in [0.15, 0.2) is 11.0 Å². The first kappa shape index (κ1) is 20.1. The highest BCUT2D eigenvalue weighted by Crippen LogP contribution is 2.30. The second kappa shape index (κ2) is 8.18. The molecule has 8 heteroatoms. The van der Waals surface area contributed by atoms with E-state index in [1.165, 1.54) is 35.7 Å². The molecule has 0 aliphatic carbocycles. The minimum absolute atomic E-state index is 0.0306. The van der Waals surface area contributed by atoms with Crippen molar-refractivity contribution in [3.63, 3.8) is 0 Å². The summed E-state index contributed by atoms with van der Waals surface area (Å²) in [6.45, 7) is 1.85. The van der Waals surface area contributed by atoms with Crippen molar-refractivity contribution in [1.29, 1.82) is 0 Å². The zero-order valence-electron chi connectivity index (χ0n) is 15.0. The van der Waals surface area contributed by atoms with Gasteiger partial charge in [-0.15, -0.1) is 0 Å². The lowest BCUT2D eigenvalue weighted by Gasteiger charge is -2.28. The van der Waals surface area contributed by atoms with Gasteiger partial charge in [0.1, 0.15) is 0 Å². The highest BCUT2D eigenvalue weighted by atomic mass is 32.2. The molecule has 0 saturated carbocycles. The summed E-state index contributed by atoms with van der Waals surface area (Å²) in [7, 11) is 0. The van der Waals surface area contributed by atoms with Crippen LogP contribution in [0.3, 0.4) is 0 Å². The van der Waals surface area contributed by atoms with Crippen molar-refractivity contribution in [2.45, 2.75) is 19.5 Å². The number of benzene rings is 2. The minimum atomic E-state index is -4.51. The Morgan fingerprint density at radius 1 is 1.07 bits per heavy atom. The van der Waals surface area contributed by atoms with Gasteiger partial charge in [-0.1, -0.05) is 17.8 Å². The second-order valence-corrected chi connectivity index (χ2v) is 7.30. The molecule has 2 aromatic rings. The van der Waals surface area contributed by atoms with Gasteiger partial charge in [0.05, 0.1) is 11.3 Å². The number of amides is 1. The average molecular weight is 406 g/mol. The topological polar surface area (TPSA) is 49.7 Å². The number of aliphatic imine (C=N–C) groups is 1. The van der Waals surface area contributed by atoms with Crippen molar-refractivity contribution in [3.8, 4) is 0 Å². The van der Waals surface area contributed by atoms with Crippen LogP contribution >= 0.6 is 11.8 Å². The molecule has 0 N–H and O–H groups in total. The van der Waals surface area contributed by atoms with Crippen LogP contribution in [0.2, 0.25) is 0 Å². The first-order valence-corrected chi connectivity index (χ1v) is 9.56. The summed E-state index contributed by atoms with van der Waals surface area (Å²) in [6, 6.07) is 11.0. The van der Waals surface area contributed by atoms with Crippen molar-refractivity contribution in [2.75, 3.05) is 12.3 Å². The highest BCUT2D eigenvalue weighted by molar-refractivity contribution is 8.13. The van der Waals surface area contributed by atoms with E-state index in [9.17, 15) is 22.8 Å². The first-order valence-electron chi connectivity index (χ1n) is 8.57. The number of carbonyl (C=O) groups is 2. The lowest BCUT2D eigenvalue weighted by atomic mass is 10.1. The molecule has 0 bridgehead atoms. The van der Waals surface area contributed by atoms with E-state index < -0.39 is 17.6 Å². The maximum Gasteiger partial charge on any atom is 0.416 e. The minimum Gasteiger partial charge on any atom is -0.295 e. The van der Waals surface area contributed by atoms with Crippen LogP contribution in [-0.2, 0) is 6.18 Å². The molecule has 1 aliphatic rings. The van der Waals surface area contributed by atoms with E-state index in [1.54, 1.807) is 24.3 Å². The number of ketones is 1. The van der Waals surface area contributed by atoms with Crippen LogP contribution in [0.25, 0.3) is 0 Å². The normalized spacial score (nSPS) is 16.3. The summed E-state index contributed by atoms with van der Waals surface area (Å²) < 4.78 is 38.9. The number of thioether (sulfide) groups is 1. The fourth-order valence-corrected chi connectivity index (χ4v) is 3.66. The Morgan fingerprint density at radius 3 is 2.43 bits per heavy atom. The third kappa shape index (κ3) is 4.62. The molecule has 0 aromatic heterocycles. The molecule has 2 aromatic carbocycles. The van der Waals surface area contributed by atoms with Crippen molar-refractivity contribution >= 4 is 34.3 Å². The molecular weight excluding hydrogens is 389 g/mol. The van der Waals surface area contributed by atoms with Gasteiger partial charge in [0, 0.05) is 23.4 Å².